The van der Waals surface area contributed by atoms with E-state index in [1.54, 1.807) is 0 Å². The van der Waals surface area contributed by atoms with Gasteiger partial charge < -0.3 is 0 Å². The molecule has 4 nitrogen and oxygen atoms in total. The first-order valence-electron chi connectivity index (χ1n) is 7.17. The molecule has 2 rings (SSSR count). The molecule has 1 fully saturated rings. The number of aromatic nitrogens is 3. The van der Waals surface area contributed by atoms with Gasteiger partial charge in [0.05, 0.1) is 5.69 Å². The molecule has 4 heteroatoms. The van der Waals surface area contributed by atoms with Gasteiger partial charge >= 0.3 is 0 Å². The molecule has 1 aromatic rings. The normalized spacial score (nSPS) is 16.7. The highest BCUT2D eigenvalue weighted by molar-refractivity contribution is 5.24. The summed E-state index contributed by atoms with van der Waals surface area (Å²) in [5, 5.41) is 17.1. The number of rotatable bonds is 5. The Morgan fingerprint density at radius 2 is 2.11 bits per heavy atom. The van der Waals surface area contributed by atoms with Crippen LogP contribution in [0.3, 0.4) is 0 Å². The van der Waals surface area contributed by atoms with Crippen molar-refractivity contribution in [3.8, 4) is 6.07 Å². The first kappa shape index (κ1) is 13.1. The van der Waals surface area contributed by atoms with Gasteiger partial charge in [-0.15, -0.1) is 5.10 Å². The Kier molecular flexibility index (Phi) is 4.74. The topological polar surface area (TPSA) is 54.5 Å². The predicted molar refractivity (Wildman–Crippen MR) is 69.9 cm³/mol. The first-order valence-corrected chi connectivity index (χ1v) is 7.17. The highest BCUT2D eigenvalue weighted by Gasteiger charge is 2.17. The maximum Gasteiger partial charge on any atom is 0.185 e. The summed E-state index contributed by atoms with van der Waals surface area (Å²) in [4.78, 5) is 0. The molecule has 1 aliphatic rings. The van der Waals surface area contributed by atoms with Gasteiger partial charge in [0, 0.05) is 6.54 Å². The molecule has 1 aromatic heterocycles. The summed E-state index contributed by atoms with van der Waals surface area (Å²) in [6, 6.07) is 2.17. The van der Waals surface area contributed by atoms with Crippen LogP contribution in [0.5, 0.6) is 0 Å². The van der Waals surface area contributed by atoms with Gasteiger partial charge in [-0.2, -0.15) is 5.26 Å². The van der Waals surface area contributed by atoms with Crippen LogP contribution in [0, 0.1) is 17.2 Å². The SMILES string of the molecule is CCCn1nnc(C#N)c1CCC1CCCCC1. The molecule has 1 saturated carbocycles. The van der Waals surface area contributed by atoms with Gasteiger partial charge in [0.1, 0.15) is 6.07 Å². The highest BCUT2D eigenvalue weighted by Crippen LogP contribution is 2.27. The summed E-state index contributed by atoms with van der Waals surface area (Å²) in [7, 11) is 0. The second-order valence-corrected chi connectivity index (χ2v) is 5.26. The Balaban J connectivity index is 1.98. The Hall–Kier alpha value is -1.37. The molecule has 18 heavy (non-hydrogen) atoms. The van der Waals surface area contributed by atoms with E-state index in [0.717, 1.165) is 31.0 Å². The fourth-order valence-corrected chi connectivity index (χ4v) is 2.88. The number of nitriles is 1. The van der Waals surface area contributed by atoms with E-state index in [1.807, 2.05) is 4.68 Å². The van der Waals surface area contributed by atoms with Crippen molar-refractivity contribution >= 4 is 0 Å². The fraction of sp³-hybridized carbons (Fsp3) is 0.786. The molecule has 1 aliphatic carbocycles. The van der Waals surface area contributed by atoms with Crippen LogP contribution in [0.25, 0.3) is 0 Å². The number of hydrogen-bond acceptors (Lipinski definition) is 3. The molecular formula is C14H22N4. The Morgan fingerprint density at radius 1 is 1.33 bits per heavy atom. The highest BCUT2D eigenvalue weighted by atomic mass is 15.4. The monoisotopic (exact) mass is 246 g/mol. The van der Waals surface area contributed by atoms with Gasteiger partial charge in [-0.1, -0.05) is 44.2 Å². The Labute approximate surface area is 109 Å². The van der Waals surface area contributed by atoms with E-state index in [1.165, 1.54) is 38.5 Å². The van der Waals surface area contributed by atoms with Crippen molar-refractivity contribution in [3.63, 3.8) is 0 Å². The summed E-state index contributed by atoms with van der Waals surface area (Å²) in [5.74, 6) is 0.843. The van der Waals surface area contributed by atoms with E-state index in [0.29, 0.717) is 5.69 Å². The maximum absolute atomic E-state index is 9.07. The van der Waals surface area contributed by atoms with E-state index in [-0.39, 0.29) is 0 Å². The summed E-state index contributed by atoms with van der Waals surface area (Å²) in [5.41, 5.74) is 1.57. The number of nitrogens with zero attached hydrogens (tertiary/aromatic N) is 4. The van der Waals surface area contributed by atoms with Crippen LogP contribution in [-0.4, -0.2) is 15.0 Å². The third kappa shape index (κ3) is 3.10. The molecule has 0 unspecified atom stereocenters. The minimum absolute atomic E-state index is 0.527. The molecule has 98 valence electrons. The van der Waals surface area contributed by atoms with Crippen molar-refractivity contribution < 1.29 is 0 Å². The van der Waals surface area contributed by atoms with Crippen LogP contribution in [0.2, 0.25) is 0 Å². The van der Waals surface area contributed by atoms with E-state index < -0.39 is 0 Å². The second-order valence-electron chi connectivity index (χ2n) is 5.26. The lowest BCUT2D eigenvalue weighted by Gasteiger charge is -2.21. The summed E-state index contributed by atoms with van der Waals surface area (Å²) >= 11 is 0. The molecule has 0 atom stereocenters. The van der Waals surface area contributed by atoms with Gasteiger partial charge in [0.25, 0.3) is 0 Å². The molecule has 0 aliphatic heterocycles. The largest absolute Gasteiger partial charge is 0.248 e. The van der Waals surface area contributed by atoms with Crippen molar-refractivity contribution in [1.29, 1.82) is 5.26 Å². The predicted octanol–water partition coefficient (Wildman–Crippen LogP) is 3.07. The van der Waals surface area contributed by atoms with Gasteiger partial charge in [0.2, 0.25) is 0 Å². The lowest BCUT2D eigenvalue weighted by Crippen LogP contribution is -2.11. The zero-order valence-electron chi connectivity index (χ0n) is 11.2. The van der Waals surface area contributed by atoms with Crippen molar-refractivity contribution in [1.82, 2.24) is 15.0 Å². The second kappa shape index (κ2) is 6.53. The van der Waals surface area contributed by atoms with Crippen LogP contribution in [-0.2, 0) is 13.0 Å². The molecule has 0 bridgehead atoms. The molecule has 1 heterocycles. The molecule has 0 saturated heterocycles. The van der Waals surface area contributed by atoms with Gasteiger partial charge in [-0.3, -0.25) is 0 Å². The van der Waals surface area contributed by atoms with Crippen molar-refractivity contribution in [2.75, 3.05) is 0 Å². The minimum atomic E-state index is 0.527. The van der Waals surface area contributed by atoms with Crippen LogP contribution in [0.1, 0.15) is 63.3 Å². The lowest BCUT2D eigenvalue weighted by atomic mass is 9.85. The molecule has 0 N–H and O–H groups in total. The summed E-state index contributed by atoms with van der Waals surface area (Å²) in [6.07, 6.45) is 10.0. The molecule has 0 amide bonds. The molecule has 0 aromatic carbocycles. The number of hydrogen-bond donors (Lipinski definition) is 0. The zero-order valence-corrected chi connectivity index (χ0v) is 11.2. The van der Waals surface area contributed by atoms with Gasteiger partial charge in [-0.25, -0.2) is 4.68 Å². The summed E-state index contributed by atoms with van der Waals surface area (Å²) < 4.78 is 1.92. The van der Waals surface area contributed by atoms with Crippen molar-refractivity contribution in [2.45, 2.75) is 64.8 Å². The van der Waals surface area contributed by atoms with Crippen molar-refractivity contribution in [3.05, 3.63) is 11.4 Å². The fourth-order valence-electron chi connectivity index (χ4n) is 2.88. The van der Waals surface area contributed by atoms with Gasteiger partial charge in [0.15, 0.2) is 5.69 Å². The first-order chi connectivity index (χ1) is 8.85. The van der Waals surface area contributed by atoms with Crippen LogP contribution < -0.4 is 0 Å². The Morgan fingerprint density at radius 3 is 2.78 bits per heavy atom. The van der Waals surface area contributed by atoms with Crippen LogP contribution >= 0.6 is 0 Å². The smallest absolute Gasteiger partial charge is 0.185 e. The third-order valence-electron chi connectivity index (χ3n) is 3.89. The average molecular weight is 246 g/mol. The van der Waals surface area contributed by atoms with Gasteiger partial charge in [-0.05, 0) is 25.2 Å². The van der Waals surface area contributed by atoms with Crippen molar-refractivity contribution in [2.24, 2.45) is 5.92 Å². The van der Waals surface area contributed by atoms with E-state index in [4.69, 9.17) is 5.26 Å². The summed E-state index contributed by atoms with van der Waals surface area (Å²) in [6.45, 7) is 2.99. The molecule has 0 radical (unpaired) electrons. The number of aryl methyl sites for hydroxylation is 1. The molecular weight excluding hydrogens is 224 g/mol. The Bertz CT molecular complexity index is 410. The van der Waals surface area contributed by atoms with Crippen LogP contribution in [0.4, 0.5) is 0 Å². The minimum Gasteiger partial charge on any atom is -0.248 e. The standard InChI is InChI=1S/C14H22N4/c1-2-10-18-14(13(11-15)16-17-18)9-8-12-6-4-3-5-7-12/h12H,2-10H2,1H3. The maximum atomic E-state index is 9.07. The quantitative estimate of drug-likeness (QED) is 0.802. The average Bonchev–Trinajstić information content (AvgIpc) is 2.80. The lowest BCUT2D eigenvalue weighted by molar-refractivity contribution is 0.336. The molecule has 0 spiro atoms. The zero-order chi connectivity index (χ0) is 12.8. The third-order valence-corrected chi connectivity index (χ3v) is 3.89. The van der Waals surface area contributed by atoms with E-state index in [9.17, 15) is 0 Å². The van der Waals surface area contributed by atoms with E-state index in [2.05, 4.69) is 23.3 Å². The van der Waals surface area contributed by atoms with E-state index >= 15 is 0 Å². The van der Waals surface area contributed by atoms with Crippen LogP contribution in [0.15, 0.2) is 0 Å².